The monoisotopic (exact) mass is 276 g/mol. The Labute approximate surface area is 107 Å². The average molecular weight is 276 g/mol. The van der Waals surface area contributed by atoms with Gasteiger partial charge in [0.15, 0.2) is 0 Å². The summed E-state index contributed by atoms with van der Waals surface area (Å²) < 4.78 is 9.19. The number of nitrogens with one attached hydrogen (secondary N) is 2. The molecule has 17 heavy (non-hydrogen) atoms. The van der Waals surface area contributed by atoms with Crippen molar-refractivity contribution in [2.24, 2.45) is 0 Å². The van der Waals surface area contributed by atoms with E-state index in [9.17, 15) is 9.59 Å². The van der Waals surface area contributed by atoms with Gasteiger partial charge in [-0.1, -0.05) is 0 Å². The van der Waals surface area contributed by atoms with Crippen LogP contribution in [-0.4, -0.2) is 39.7 Å². The Kier molecular flexibility index (Phi) is 2.77. The summed E-state index contributed by atoms with van der Waals surface area (Å²) in [5.41, 5.74) is 0. The molecule has 8 heteroatoms. The molecule has 3 atom stereocenters. The molecule has 0 aromatic carbocycles. The summed E-state index contributed by atoms with van der Waals surface area (Å²) in [5, 5.41) is 6.86. The molecule has 3 fully saturated rings. The van der Waals surface area contributed by atoms with Crippen LogP contribution in [0.4, 0.5) is 0 Å². The van der Waals surface area contributed by atoms with E-state index in [4.69, 9.17) is 9.47 Å². The molecule has 6 nitrogen and oxygen atoms in total. The van der Waals surface area contributed by atoms with Crippen molar-refractivity contribution in [3.63, 3.8) is 0 Å². The van der Waals surface area contributed by atoms with Crippen LogP contribution in [0.2, 0.25) is 0 Å². The predicted octanol–water partition coefficient (Wildman–Crippen LogP) is -0.199. The van der Waals surface area contributed by atoms with Crippen molar-refractivity contribution in [1.82, 2.24) is 10.6 Å². The fourth-order valence-corrected chi connectivity index (χ4v) is 5.22. The molecule has 2 N–H and O–H groups in total. The van der Waals surface area contributed by atoms with Crippen LogP contribution in [0.3, 0.4) is 0 Å². The van der Waals surface area contributed by atoms with Gasteiger partial charge in [-0.3, -0.25) is 14.9 Å². The molecule has 0 aliphatic carbocycles. The normalized spacial score (nSPS) is 39.7. The summed E-state index contributed by atoms with van der Waals surface area (Å²) >= 11 is 2.66. The van der Waals surface area contributed by atoms with E-state index in [1.807, 2.05) is 0 Å². The summed E-state index contributed by atoms with van der Waals surface area (Å²) in [6.45, 7) is 2.91. The topological polar surface area (TPSA) is 76.7 Å². The highest BCUT2D eigenvalue weighted by atomic mass is 32.2. The van der Waals surface area contributed by atoms with E-state index < -0.39 is 16.4 Å². The van der Waals surface area contributed by atoms with Crippen molar-refractivity contribution in [3.05, 3.63) is 0 Å². The molecule has 3 saturated heterocycles. The third kappa shape index (κ3) is 2.14. The third-order valence-corrected chi connectivity index (χ3v) is 5.67. The van der Waals surface area contributed by atoms with Gasteiger partial charge in [-0.2, -0.15) is 0 Å². The molecule has 1 spiro atoms. The van der Waals surface area contributed by atoms with Crippen LogP contribution in [0.5, 0.6) is 0 Å². The van der Waals surface area contributed by atoms with Gasteiger partial charge in [0.2, 0.25) is 0 Å². The maximum atomic E-state index is 11.3. The minimum atomic E-state index is -1.20. The van der Waals surface area contributed by atoms with E-state index in [2.05, 4.69) is 17.6 Å². The molecule has 3 unspecified atom stereocenters. The number of carbonyl (C=O) groups excluding carboxylic acids is 2. The predicted molar refractivity (Wildman–Crippen MR) is 62.9 cm³/mol. The molecule has 0 aromatic rings. The highest BCUT2D eigenvalue weighted by Crippen LogP contribution is 2.54. The number of carbonyl (C=O) groups is 2. The van der Waals surface area contributed by atoms with Crippen LogP contribution in [0.15, 0.2) is 0 Å². The Bertz CT molecular complexity index is 362. The molecule has 0 radical (unpaired) electrons. The molecule has 3 heterocycles. The first-order chi connectivity index (χ1) is 8.06. The Morgan fingerprint density at radius 2 is 1.88 bits per heavy atom. The van der Waals surface area contributed by atoms with Crippen molar-refractivity contribution in [2.45, 2.75) is 34.6 Å². The molecule has 3 aliphatic rings. The highest BCUT2D eigenvalue weighted by molar-refractivity contribution is 8.21. The molecule has 3 aliphatic heterocycles. The van der Waals surface area contributed by atoms with E-state index in [1.165, 1.54) is 23.5 Å². The van der Waals surface area contributed by atoms with Crippen molar-refractivity contribution >= 4 is 35.5 Å². The largest absolute Gasteiger partial charge is 0.403 e. The minimum absolute atomic E-state index is 0.0717. The van der Waals surface area contributed by atoms with Crippen LogP contribution in [0, 0.1) is 0 Å². The smallest absolute Gasteiger partial charge is 0.361 e. The maximum Gasteiger partial charge on any atom is 0.361 e. The third-order valence-electron chi connectivity index (χ3n) is 2.66. The highest BCUT2D eigenvalue weighted by Gasteiger charge is 2.56. The first-order valence-corrected chi connectivity index (χ1v) is 7.11. The van der Waals surface area contributed by atoms with E-state index in [-0.39, 0.29) is 17.2 Å². The van der Waals surface area contributed by atoms with E-state index in [0.29, 0.717) is 6.04 Å². The van der Waals surface area contributed by atoms with Gasteiger partial charge in [-0.05, 0) is 30.4 Å². The van der Waals surface area contributed by atoms with Gasteiger partial charge in [0.05, 0.1) is 10.7 Å². The molecular weight excluding hydrogens is 264 g/mol. The van der Waals surface area contributed by atoms with Crippen LogP contribution in [-0.2, 0) is 19.1 Å². The average Bonchev–Trinajstić information content (AvgIpc) is 2.52. The first kappa shape index (κ1) is 11.6. The molecule has 3 rings (SSSR count). The summed E-state index contributed by atoms with van der Waals surface area (Å²) in [4.78, 5) is 22.6. The number of hydrogen-bond donors (Lipinski definition) is 2. The molecule has 94 valence electrons. The number of piperazine rings is 1. The van der Waals surface area contributed by atoms with Gasteiger partial charge in [0.25, 0.3) is 0 Å². The number of ether oxygens (including phenoxy) is 2. The van der Waals surface area contributed by atoms with Crippen molar-refractivity contribution < 1.29 is 19.1 Å². The standard InChI is InChI=1S/C9H12N2O4S2/c1-4-3-10-7-8(11-4)17-9(16-7)14-5(12)2-6(13)15-9/h4,7-8,10-11H,2-3H2,1H3. The van der Waals surface area contributed by atoms with Crippen LogP contribution < -0.4 is 10.6 Å². The molecular formula is C9H12N2O4S2. The second-order valence-electron chi connectivity index (χ2n) is 4.18. The van der Waals surface area contributed by atoms with Gasteiger partial charge < -0.3 is 14.8 Å². The van der Waals surface area contributed by atoms with E-state index >= 15 is 0 Å². The lowest BCUT2D eigenvalue weighted by Gasteiger charge is -2.30. The van der Waals surface area contributed by atoms with Gasteiger partial charge in [-0.25, -0.2) is 0 Å². The first-order valence-electron chi connectivity index (χ1n) is 5.35. The lowest BCUT2D eigenvalue weighted by molar-refractivity contribution is -0.193. The quantitative estimate of drug-likeness (QED) is 0.465. The van der Waals surface area contributed by atoms with Crippen LogP contribution >= 0.6 is 23.5 Å². The number of rotatable bonds is 0. The number of thioether (sulfide) groups is 2. The molecule has 0 bridgehead atoms. The summed E-state index contributed by atoms with van der Waals surface area (Å²) in [7, 11) is 0. The number of fused-ring (bicyclic) bond motifs is 1. The Morgan fingerprint density at radius 1 is 1.24 bits per heavy atom. The van der Waals surface area contributed by atoms with Gasteiger partial charge in [0.1, 0.15) is 6.42 Å². The summed E-state index contributed by atoms with van der Waals surface area (Å²) in [6.07, 6.45) is -0.296. The minimum Gasteiger partial charge on any atom is -0.403 e. The lowest BCUT2D eigenvalue weighted by Crippen LogP contribution is -2.55. The summed E-state index contributed by atoms with van der Waals surface area (Å²) in [5.74, 6) is -1.04. The molecule has 0 aromatic heterocycles. The second kappa shape index (κ2) is 4.04. The zero-order valence-electron chi connectivity index (χ0n) is 9.10. The fourth-order valence-electron chi connectivity index (χ4n) is 1.95. The molecule has 0 saturated carbocycles. The second-order valence-corrected chi connectivity index (χ2v) is 7.00. The van der Waals surface area contributed by atoms with Crippen LogP contribution in [0.25, 0.3) is 0 Å². The van der Waals surface area contributed by atoms with Gasteiger partial charge in [0, 0.05) is 12.6 Å². The van der Waals surface area contributed by atoms with Gasteiger partial charge >= 0.3 is 16.4 Å². The van der Waals surface area contributed by atoms with Crippen molar-refractivity contribution in [2.75, 3.05) is 6.54 Å². The zero-order valence-corrected chi connectivity index (χ0v) is 10.7. The zero-order chi connectivity index (χ0) is 12.0. The van der Waals surface area contributed by atoms with Crippen molar-refractivity contribution in [3.8, 4) is 0 Å². The van der Waals surface area contributed by atoms with Gasteiger partial charge in [-0.15, -0.1) is 0 Å². The Morgan fingerprint density at radius 3 is 2.59 bits per heavy atom. The van der Waals surface area contributed by atoms with Crippen LogP contribution in [0.1, 0.15) is 13.3 Å². The number of hydrogen-bond acceptors (Lipinski definition) is 8. The maximum absolute atomic E-state index is 11.3. The molecule has 0 amide bonds. The van der Waals surface area contributed by atoms with E-state index in [1.54, 1.807) is 0 Å². The fraction of sp³-hybridized carbons (Fsp3) is 0.778. The van der Waals surface area contributed by atoms with E-state index in [0.717, 1.165) is 6.54 Å². The number of esters is 2. The SMILES string of the molecule is CC1CNC2SC3(OC(=O)CC(=O)O3)SC2N1. The van der Waals surface area contributed by atoms with Crippen molar-refractivity contribution in [1.29, 1.82) is 0 Å². The summed E-state index contributed by atoms with van der Waals surface area (Å²) in [6, 6.07) is 0.342. The Hall–Kier alpha value is -0.440. The Balaban J connectivity index is 1.77. The lowest BCUT2D eigenvalue weighted by atomic mass is 10.3.